The van der Waals surface area contributed by atoms with Gasteiger partial charge in [-0.1, -0.05) is 50.7 Å². The van der Waals surface area contributed by atoms with Gasteiger partial charge in [0.15, 0.2) is 5.75 Å². The van der Waals surface area contributed by atoms with Crippen LogP contribution in [-0.4, -0.2) is 15.1 Å². The van der Waals surface area contributed by atoms with Crippen LogP contribution in [0.2, 0.25) is 15.1 Å². The van der Waals surface area contributed by atoms with Crippen molar-refractivity contribution in [2.45, 2.75) is 6.42 Å². The first-order chi connectivity index (χ1) is 10.2. The number of phenols is 2. The van der Waals surface area contributed by atoms with Gasteiger partial charge in [-0.15, -0.1) is 0 Å². The molecule has 2 N–H and O–H groups in total. The molecular formula is C13H7BrCl3NO4. The fourth-order valence-electron chi connectivity index (χ4n) is 1.90. The normalized spacial score (nSPS) is 10.7. The third-order valence-corrected chi connectivity index (χ3v) is 4.51. The summed E-state index contributed by atoms with van der Waals surface area (Å²) in [5.74, 6) is -0.808. The molecule has 2 rings (SSSR count). The predicted octanol–water partition coefficient (Wildman–Crippen LogP) is 5.32. The van der Waals surface area contributed by atoms with Crippen LogP contribution in [0.1, 0.15) is 11.1 Å². The van der Waals surface area contributed by atoms with E-state index in [9.17, 15) is 20.3 Å². The largest absolute Gasteiger partial charge is 0.506 e. The molecule has 0 bridgehead atoms. The van der Waals surface area contributed by atoms with E-state index in [4.69, 9.17) is 34.8 Å². The number of hydrogen-bond donors (Lipinski definition) is 2. The minimum Gasteiger partial charge on any atom is -0.506 e. The van der Waals surface area contributed by atoms with E-state index in [1.807, 2.05) is 0 Å². The van der Waals surface area contributed by atoms with Gasteiger partial charge in [-0.25, -0.2) is 0 Å². The fraction of sp³-hybridized carbons (Fsp3) is 0.0769. The molecule has 116 valence electrons. The van der Waals surface area contributed by atoms with Crippen LogP contribution in [-0.2, 0) is 6.42 Å². The third kappa shape index (κ3) is 3.25. The number of hydrogen-bond acceptors (Lipinski definition) is 4. The van der Waals surface area contributed by atoms with Crippen LogP contribution in [0.3, 0.4) is 0 Å². The lowest BCUT2D eigenvalue weighted by Gasteiger charge is -2.12. The SMILES string of the molecule is O=[N+]([O-])c1cc(Br)cc(Cc2c(O)c(Cl)cc(Cl)c2Cl)c1O. The van der Waals surface area contributed by atoms with E-state index in [-0.39, 0.29) is 38.4 Å². The number of rotatable bonds is 3. The number of halogens is 4. The van der Waals surface area contributed by atoms with Crippen LogP contribution < -0.4 is 0 Å². The van der Waals surface area contributed by atoms with E-state index < -0.39 is 16.4 Å². The molecule has 0 aliphatic heterocycles. The Morgan fingerprint density at radius 1 is 1.09 bits per heavy atom. The molecule has 2 aromatic rings. The third-order valence-electron chi connectivity index (χ3n) is 2.94. The number of benzene rings is 2. The van der Waals surface area contributed by atoms with E-state index in [0.29, 0.717) is 4.47 Å². The molecule has 0 heterocycles. The zero-order valence-electron chi connectivity index (χ0n) is 10.6. The molecule has 0 saturated carbocycles. The first kappa shape index (κ1) is 17.1. The Kier molecular flexibility index (Phi) is 5.07. The molecule has 0 amide bonds. The summed E-state index contributed by atoms with van der Waals surface area (Å²) < 4.78 is 0.399. The van der Waals surface area contributed by atoms with Gasteiger partial charge in [0.2, 0.25) is 0 Å². The Hall–Kier alpha value is -1.21. The summed E-state index contributed by atoms with van der Waals surface area (Å²) in [6, 6.07) is 3.94. The highest BCUT2D eigenvalue weighted by molar-refractivity contribution is 9.10. The van der Waals surface area contributed by atoms with Crippen molar-refractivity contribution >= 4 is 56.4 Å². The van der Waals surface area contributed by atoms with Gasteiger partial charge in [0, 0.05) is 28.1 Å². The van der Waals surface area contributed by atoms with Crippen molar-refractivity contribution in [3.05, 3.63) is 59.0 Å². The standard InChI is InChI=1S/C13H7BrCl3NO4/c14-6-1-5(12(19)10(3-6)18(21)22)2-7-11(17)8(15)4-9(16)13(7)20/h1,3-4,19-20H,2H2. The van der Waals surface area contributed by atoms with Crippen molar-refractivity contribution in [3.8, 4) is 11.5 Å². The van der Waals surface area contributed by atoms with Crippen LogP contribution in [0.4, 0.5) is 5.69 Å². The highest BCUT2D eigenvalue weighted by Crippen LogP contribution is 2.42. The zero-order chi connectivity index (χ0) is 16.6. The van der Waals surface area contributed by atoms with Gasteiger partial charge in [0.1, 0.15) is 5.75 Å². The summed E-state index contributed by atoms with van der Waals surface area (Å²) in [7, 11) is 0. The van der Waals surface area contributed by atoms with E-state index in [0.717, 1.165) is 0 Å². The number of nitrogens with zero attached hydrogens (tertiary/aromatic N) is 1. The lowest BCUT2D eigenvalue weighted by atomic mass is 10.0. The second kappa shape index (κ2) is 6.50. The van der Waals surface area contributed by atoms with E-state index in [2.05, 4.69) is 15.9 Å². The quantitative estimate of drug-likeness (QED) is 0.395. The van der Waals surface area contributed by atoms with Crippen molar-refractivity contribution in [2.24, 2.45) is 0 Å². The molecule has 0 unspecified atom stereocenters. The Balaban J connectivity index is 2.60. The summed E-state index contributed by atoms with van der Waals surface area (Å²) in [6.45, 7) is 0. The van der Waals surface area contributed by atoms with Gasteiger partial charge in [0.25, 0.3) is 0 Å². The number of nitro benzene ring substituents is 1. The average molecular weight is 427 g/mol. The van der Waals surface area contributed by atoms with E-state index >= 15 is 0 Å². The first-order valence-electron chi connectivity index (χ1n) is 5.73. The van der Waals surface area contributed by atoms with Gasteiger partial charge in [-0.05, 0) is 12.1 Å². The highest BCUT2D eigenvalue weighted by Gasteiger charge is 2.22. The van der Waals surface area contributed by atoms with E-state index in [1.54, 1.807) is 0 Å². The van der Waals surface area contributed by atoms with Crippen molar-refractivity contribution in [1.29, 1.82) is 0 Å². The average Bonchev–Trinajstić information content (AvgIpc) is 2.44. The van der Waals surface area contributed by atoms with Gasteiger partial charge >= 0.3 is 5.69 Å². The molecule has 0 aliphatic carbocycles. The Morgan fingerprint density at radius 3 is 2.32 bits per heavy atom. The molecule has 0 atom stereocenters. The van der Waals surface area contributed by atoms with Crippen LogP contribution in [0.25, 0.3) is 0 Å². The molecule has 0 fully saturated rings. The summed E-state index contributed by atoms with van der Waals surface area (Å²) >= 11 is 20.9. The summed E-state index contributed by atoms with van der Waals surface area (Å²) in [6.07, 6.45) is -0.0863. The van der Waals surface area contributed by atoms with Crippen molar-refractivity contribution < 1.29 is 15.1 Å². The minimum atomic E-state index is -0.712. The Labute approximate surface area is 148 Å². The zero-order valence-corrected chi connectivity index (χ0v) is 14.5. The second-order valence-corrected chi connectivity index (χ2v) is 6.46. The van der Waals surface area contributed by atoms with Crippen LogP contribution in [0.15, 0.2) is 22.7 Å². The number of aromatic hydroxyl groups is 2. The summed E-state index contributed by atoms with van der Waals surface area (Å²) in [4.78, 5) is 10.2. The monoisotopic (exact) mass is 425 g/mol. The van der Waals surface area contributed by atoms with E-state index in [1.165, 1.54) is 18.2 Å². The smallest absolute Gasteiger partial charge is 0.312 e. The molecule has 0 aliphatic rings. The Bertz CT molecular complexity index is 756. The van der Waals surface area contributed by atoms with Crippen molar-refractivity contribution in [2.75, 3.05) is 0 Å². The molecule has 5 nitrogen and oxygen atoms in total. The molecule has 0 spiro atoms. The van der Waals surface area contributed by atoms with Gasteiger partial charge < -0.3 is 10.2 Å². The lowest BCUT2D eigenvalue weighted by molar-refractivity contribution is -0.386. The molecule has 2 aromatic carbocycles. The highest BCUT2D eigenvalue weighted by atomic mass is 79.9. The van der Waals surface area contributed by atoms with Gasteiger partial charge in [-0.3, -0.25) is 10.1 Å². The van der Waals surface area contributed by atoms with Gasteiger partial charge in [0.05, 0.1) is 20.0 Å². The second-order valence-electron chi connectivity index (χ2n) is 4.35. The number of nitro groups is 1. The van der Waals surface area contributed by atoms with Crippen molar-refractivity contribution in [3.63, 3.8) is 0 Å². The van der Waals surface area contributed by atoms with Crippen LogP contribution in [0.5, 0.6) is 11.5 Å². The first-order valence-corrected chi connectivity index (χ1v) is 7.66. The van der Waals surface area contributed by atoms with Crippen LogP contribution in [0, 0.1) is 10.1 Å². The molecule has 9 heteroatoms. The predicted molar refractivity (Wildman–Crippen MR) is 88.4 cm³/mol. The van der Waals surface area contributed by atoms with Gasteiger partial charge in [-0.2, -0.15) is 0 Å². The minimum absolute atomic E-state index is 0.00612. The van der Waals surface area contributed by atoms with Crippen LogP contribution >= 0.6 is 50.7 Å². The Morgan fingerprint density at radius 2 is 1.73 bits per heavy atom. The molecule has 0 saturated heterocycles. The summed E-state index contributed by atoms with van der Waals surface area (Å²) in [5.41, 5.74) is -0.105. The molecule has 22 heavy (non-hydrogen) atoms. The molecular weight excluding hydrogens is 420 g/mol. The summed E-state index contributed by atoms with van der Waals surface area (Å²) in [5, 5.41) is 31.1. The fourth-order valence-corrected chi connectivity index (χ4v) is 3.11. The maximum atomic E-state index is 10.9. The molecule has 0 aromatic heterocycles. The van der Waals surface area contributed by atoms with Crippen molar-refractivity contribution in [1.82, 2.24) is 0 Å². The maximum absolute atomic E-state index is 10.9. The number of phenolic OH excluding ortho intramolecular Hbond substituents is 2. The lowest BCUT2D eigenvalue weighted by Crippen LogP contribution is -1.96. The topological polar surface area (TPSA) is 83.6 Å². The molecule has 0 radical (unpaired) electrons. The maximum Gasteiger partial charge on any atom is 0.312 e.